The molecule has 2 aromatic heterocycles. The first-order chi connectivity index (χ1) is 15.0. The van der Waals surface area contributed by atoms with Gasteiger partial charge >= 0.3 is 0 Å². The van der Waals surface area contributed by atoms with Crippen molar-refractivity contribution in [3.8, 4) is 11.5 Å². The molecule has 0 saturated carbocycles. The Bertz CT molecular complexity index is 1270. The van der Waals surface area contributed by atoms with Crippen LogP contribution in [0.25, 0.3) is 4.96 Å². The molecule has 0 radical (unpaired) electrons. The van der Waals surface area contributed by atoms with Crippen molar-refractivity contribution in [2.24, 2.45) is 0 Å². The number of carbonyl (C=O) groups excluding carboxylic acids is 1. The molecule has 1 amide bonds. The van der Waals surface area contributed by atoms with Gasteiger partial charge in [-0.15, -0.1) is 11.3 Å². The van der Waals surface area contributed by atoms with Crippen molar-refractivity contribution in [2.75, 3.05) is 5.32 Å². The number of rotatable bonds is 7. The number of hydrogen-bond acceptors (Lipinski definition) is 6. The molecule has 0 bridgehead atoms. The lowest BCUT2D eigenvalue weighted by Crippen LogP contribution is -2.30. The van der Waals surface area contributed by atoms with Gasteiger partial charge in [-0.25, -0.2) is 4.98 Å². The van der Waals surface area contributed by atoms with Crippen molar-refractivity contribution >= 4 is 27.9 Å². The highest BCUT2D eigenvalue weighted by Crippen LogP contribution is 2.20. The van der Waals surface area contributed by atoms with Gasteiger partial charge in [0, 0.05) is 28.9 Å². The molecule has 4 rings (SSSR count). The predicted molar refractivity (Wildman–Crippen MR) is 120 cm³/mol. The topological polar surface area (TPSA) is 81.9 Å². The van der Waals surface area contributed by atoms with E-state index in [0.29, 0.717) is 27.8 Å². The molecule has 158 valence electrons. The lowest BCUT2D eigenvalue weighted by molar-refractivity contribution is -0.122. The summed E-state index contributed by atoms with van der Waals surface area (Å²) in [6.45, 7) is 3.77. The van der Waals surface area contributed by atoms with Gasteiger partial charge in [-0.1, -0.05) is 24.3 Å². The van der Waals surface area contributed by atoms with Gasteiger partial charge in [0.05, 0.1) is 5.69 Å². The molecular formula is C23H21N3O4S. The normalized spacial score (nSPS) is 11.8. The Morgan fingerprint density at radius 3 is 2.71 bits per heavy atom. The third-order valence-corrected chi connectivity index (χ3v) is 5.35. The number of hydrogen-bond donors (Lipinski definition) is 1. The number of nitrogens with zero attached hydrogens (tertiary/aromatic N) is 2. The van der Waals surface area contributed by atoms with E-state index in [1.807, 2.05) is 25.1 Å². The first-order valence-electron chi connectivity index (χ1n) is 9.72. The van der Waals surface area contributed by atoms with Crippen molar-refractivity contribution in [1.29, 1.82) is 0 Å². The zero-order chi connectivity index (χ0) is 21.8. The maximum atomic E-state index is 12.4. The molecule has 8 heteroatoms. The van der Waals surface area contributed by atoms with Crippen LogP contribution in [0.2, 0.25) is 0 Å². The van der Waals surface area contributed by atoms with Gasteiger partial charge in [0.1, 0.15) is 18.1 Å². The first-order valence-corrected chi connectivity index (χ1v) is 10.5. The van der Waals surface area contributed by atoms with Crippen molar-refractivity contribution in [3.05, 3.63) is 87.8 Å². The van der Waals surface area contributed by atoms with Crippen LogP contribution >= 0.6 is 11.3 Å². The minimum absolute atomic E-state index is 0.138. The van der Waals surface area contributed by atoms with Crippen LogP contribution in [-0.4, -0.2) is 21.4 Å². The van der Waals surface area contributed by atoms with Gasteiger partial charge < -0.3 is 14.8 Å². The zero-order valence-corrected chi connectivity index (χ0v) is 17.9. The number of ether oxygens (including phenoxy) is 2. The van der Waals surface area contributed by atoms with E-state index < -0.39 is 6.10 Å². The van der Waals surface area contributed by atoms with Crippen LogP contribution < -0.4 is 20.3 Å². The molecular weight excluding hydrogens is 414 g/mol. The molecule has 1 N–H and O–H groups in total. The second-order valence-electron chi connectivity index (χ2n) is 6.96. The molecule has 2 heterocycles. The number of fused-ring (bicyclic) bond motifs is 1. The average molecular weight is 436 g/mol. The van der Waals surface area contributed by atoms with Gasteiger partial charge in [-0.3, -0.25) is 14.0 Å². The average Bonchev–Trinajstić information content (AvgIpc) is 3.14. The number of anilines is 1. The van der Waals surface area contributed by atoms with E-state index >= 15 is 0 Å². The molecule has 31 heavy (non-hydrogen) atoms. The van der Waals surface area contributed by atoms with E-state index in [-0.39, 0.29) is 18.1 Å². The van der Waals surface area contributed by atoms with Gasteiger partial charge in [0.25, 0.3) is 11.5 Å². The SMILES string of the molecule is Cc1cn2c(=O)cc(COc3cccc(NC(=O)[C@@H](C)Oc4ccccc4)c3)nc2s1. The molecule has 0 aliphatic heterocycles. The van der Waals surface area contributed by atoms with Gasteiger partial charge in [-0.2, -0.15) is 0 Å². The number of aryl methyl sites for hydroxylation is 1. The highest BCUT2D eigenvalue weighted by Gasteiger charge is 2.15. The molecule has 0 fully saturated rings. The minimum Gasteiger partial charge on any atom is -0.487 e. The monoisotopic (exact) mass is 435 g/mol. The molecule has 0 spiro atoms. The third kappa shape index (κ3) is 5.10. The van der Waals surface area contributed by atoms with E-state index in [1.54, 1.807) is 49.5 Å². The van der Waals surface area contributed by atoms with Crippen molar-refractivity contribution in [2.45, 2.75) is 26.6 Å². The zero-order valence-electron chi connectivity index (χ0n) is 17.1. The Morgan fingerprint density at radius 1 is 1.13 bits per heavy atom. The van der Waals surface area contributed by atoms with Crippen LogP contribution in [0.3, 0.4) is 0 Å². The van der Waals surface area contributed by atoms with E-state index in [1.165, 1.54) is 21.8 Å². The fraction of sp³-hybridized carbons (Fsp3) is 0.174. The number of nitrogens with one attached hydrogen (secondary N) is 1. The van der Waals surface area contributed by atoms with Crippen molar-refractivity contribution in [3.63, 3.8) is 0 Å². The van der Waals surface area contributed by atoms with Crippen molar-refractivity contribution in [1.82, 2.24) is 9.38 Å². The van der Waals surface area contributed by atoms with E-state index in [4.69, 9.17) is 9.47 Å². The van der Waals surface area contributed by atoms with Crippen molar-refractivity contribution < 1.29 is 14.3 Å². The molecule has 4 aromatic rings. The minimum atomic E-state index is -0.662. The van der Waals surface area contributed by atoms with E-state index in [0.717, 1.165) is 4.88 Å². The molecule has 0 unspecified atom stereocenters. The maximum absolute atomic E-state index is 12.4. The molecule has 0 aliphatic rings. The summed E-state index contributed by atoms with van der Waals surface area (Å²) in [4.78, 5) is 30.8. The molecule has 0 aliphatic carbocycles. The quantitative estimate of drug-likeness (QED) is 0.474. The maximum Gasteiger partial charge on any atom is 0.265 e. The lowest BCUT2D eigenvalue weighted by atomic mass is 10.2. The Labute approximate surface area is 182 Å². The van der Waals surface area contributed by atoms with Crippen LogP contribution in [0, 0.1) is 6.92 Å². The number of aromatic nitrogens is 2. The smallest absolute Gasteiger partial charge is 0.265 e. The Balaban J connectivity index is 1.39. The summed E-state index contributed by atoms with van der Waals surface area (Å²) in [5.41, 5.74) is 0.996. The number of amides is 1. The summed E-state index contributed by atoms with van der Waals surface area (Å²) in [7, 11) is 0. The summed E-state index contributed by atoms with van der Waals surface area (Å²) < 4.78 is 13.0. The molecule has 2 aromatic carbocycles. The second-order valence-corrected chi connectivity index (χ2v) is 8.17. The van der Waals surface area contributed by atoms with E-state index in [9.17, 15) is 9.59 Å². The molecule has 7 nitrogen and oxygen atoms in total. The van der Waals surface area contributed by atoms with Crippen LogP contribution in [0.4, 0.5) is 5.69 Å². The fourth-order valence-corrected chi connectivity index (χ4v) is 3.80. The Hall–Kier alpha value is -3.65. The summed E-state index contributed by atoms with van der Waals surface area (Å²) in [5, 5.41) is 2.83. The summed E-state index contributed by atoms with van der Waals surface area (Å²) in [6, 6.07) is 17.7. The second kappa shape index (κ2) is 9.01. The van der Waals surface area contributed by atoms with Gasteiger partial charge in [0.15, 0.2) is 11.1 Å². The van der Waals surface area contributed by atoms with Crippen LogP contribution in [-0.2, 0) is 11.4 Å². The molecule has 1 atom stereocenters. The Kier molecular flexibility index (Phi) is 5.99. The summed E-state index contributed by atoms with van der Waals surface area (Å²) in [6.07, 6.45) is 1.11. The van der Waals surface area contributed by atoms with E-state index in [2.05, 4.69) is 10.3 Å². The number of carbonyl (C=O) groups is 1. The van der Waals surface area contributed by atoms with Gasteiger partial charge in [-0.05, 0) is 38.1 Å². The number of thiazole rings is 1. The third-order valence-electron chi connectivity index (χ3n) is 4.45. The fourth-order valence-electron chi connectivity index (χ4n) is 2.95. The number of benzene rings is 2. The van der Waals surface area contributed by atoms with Crippen LogP contribution in [0.1, 0.15) is 17.5 Å². The standard InChI is InChI=1S/C23H21N3O4S/c1-15-13-26-21(27)12-18(25-23(26)31-15)14-29-20-10-6-7-17(11-20)24-22(28)16(2)30-19-8-4-3-5-9-19/h3-13,16H,14H2,1-2H3,(H,24,28)/t16-/m1/s1. The van der Waals surface area contributed by atoms with Gasteiger partial charge in [0.2, 0.25) is 0 Å². The first kappa shape index (κ1) is 20.6. The highest BCUT2D eigenvalue weighted by atomic mass is 32.1. The largest absolute Gasteiger partial charge is 0.487 e. The summed E-state index contributed by atoms with van der Waals surface area (Å²) >= 11 is 1.45. The lowest BCUT2D eigenvalue weighted by Gasteiger charge is -2.15. The number of para-hydroxylation sites is 1. The summed E-state index contributed by atoms with van der Waals surface area (Å²) in [5.74, 6) is 0.913. The highest BCUT2D eigenvalue weighted by molar-refractivity contribution is 7.16. The Morgan fingerprint density at radius 2 is 1.90 bits per heavy atom. The van der Waals surface area contributed by atoms with Crippen LogP contribution in [0.15, 0.2) is 71.7 Å². The molecule has 0 saturated heterocycles. The predicted octanol–water partition coefficient (Wildman–Crippen LogP) is 4.05. The van der Waals surface area contributed by atoms with Crippen LogP contribution in [0.5, 0.6) is 11.5 Å².